The smallest absolute Gasteiger partial charge is 0.173 e. The molecule has 1 aliphatic carbocycles. The van der Waals surface area contributed by atoms with E-state index in [-0.39, 0.29) is 17.5 Å². The second-order valence-corrected chi connectivity index (χ2v) is 5.56. The van der Waals surface area contributed by atoms with E-state index < -0.39 is 5.92 Å². The fourth-order valence-corrected chi connectivity index (χ4v) is 2.90. The molecule has 0 aliphatic heterocycles. The van der Waals surface area contributed by atoms with E-state index in [4.69, 9.17) is 4.74 Å². The van der Waals surface area contributed by atoms with Crippen molar-refractivity contribution in [1.29, 1.82) is 0 Å². The maximum absolute atomic E-state index is 12.4. The predicted molar refractivity (Wildman–Crippen MR) is 78.1 cm³/mol. The Balaban J connectivity index is 2.08. The molecule has 1 atom stereocenters. The number of rotatable bonds is 5. The third-order valence-corrected chi connectivity index (χ3v) is 4.18. The van der Waals surface area contributed by atoms with E-state index in [1.807, 2.05) is 0 Å². The standard InChI is InChI=1S/C17H22O3/c1-12(16(18)13-7-4-3-5-8-13)17(19)14-9-6-10-15(11-14)20-2/h6,9-13H,3-5,7-8H2,1-2H3. The zero-order valence-corrected chi connectivity index (χ0v) is 12.2. The Labute approximate surface area is 120 Å². The van der Waals surface area contributed by atoms with Crippen molar-refractivity contribution in [2.75, 3.05) is 7.11 Å². The molecular formula is C17H22O3. The minimum absolute atomic E-state index is 0.0771. The van der Waals surface area contributed by atoms with Crippen LogP contribution in [-0.4, -0.2) is 18.7 Å². The maximum atomic E-state index is 12.4. The van der Waals surface area contributed by atoms with Crippen LogP contribution in [-0.2, 0) is 4.79 Å². The number of hydrogen-bond donors (Lipinski definition) is 0. The topological polar surface area (TPSA) is 43.4 Å². The molecule has 1 aromatic rings. The number of Topliss-reactive ketones (excluding diaryl/α,β-unsaturated/α-hetero) is 2. The van der Waals surface area contributed by atoms with Gasteiger partial charge in [0.15, 0.2) is 5.78 Å². The van der Waals surface area contributed by atoms with Gasteiger partial charge >= 0.3 is 0 Å². The number of carbonyl (C=O) groups excluding carboxylic acids is 2. The predicted octanol–water partition coefficient (Wildman–Crippen LogP) is 3.66. The first-order valence-corrected chi connectivity index (χ1v) is 7.35. The monoisotopic (exact) mass is 274 g/mol. The summed E-state index contributed by atoms with van der Waals surface area (Å²) in [5.41, 5.74) is 0.556. The quantitative estimate of drug-likeness (QED) is 0.608. The second kappa shape index (κ2) is 6.69. The molecule has 2 rings (SSSR count). The van der Waals surface area contributed by atoms with E-state index >= 15 is 0 Å². The Morgan fingerprint density at radius 1 is 1.20 bits per heavy atom. The SMILES string of the molecule is COc1cccc(C(=O)C(C)C(=O)C2CCCCC2)c1. The average molecular weight is 274 g/mol. The van der Waals surface area contributed by atoms with Gasteiger partial charge in [0.2, 0.25) is 0 Å². The third kappa shape index (κ3) is 3.27. The highest BCUT2D eigenvalue weighted by molar-refractivity contribution is 6.11. The maximum Gasteiger partial charge on any atom is 0.173 e. The van der Waals surface area contributed by atoms with Crippen molar-refractivity contribution in [3.8, 4) is 5.75 Å². The lowest BCUT2D eigenvalue weighted by molar-refractivity contribution is -0.125. The normalized spacial score (nSPS) is 17.5. The van der Waals surface area contributed by atoms with Crippen LogP contribution in [0.25, 0.3) is 0 Å². The second-order valence-electron chi connectivity index (χ2n) is 5.56. The van der Waals surface area contributed by atoms with E-state index in [0.29, 0.717) is 11.3 Å². The lowest BCUT2D eigenvalue weighted by Gasteiger charge is -2.23. The van der Waals surface area contributed by atoms with Gasteiger partial charge in [0, 0.05) is 11.5 Å². The molecule has 20 heavy (non-hydrogen) atoms. The van der Waals surface area contributed by atoms with Gasteiger partial charge in [-0.15, -0.1) is 0 Å². The van der Waals surface area contributed by atoms with Crippen molar-refractivity contribution in [3.05, 3.63) is 29.8 Å². The van der Waals surface area contributed by atoms with E-state index in [9.17, 15) is 9.59 Å². The van der Waals surface area contributed by atoms with Gasteiger partial charge in [-0.25, -0.2) is 0 Å². The number of hydrogen-bond acceptors (Lipinski definition) is 3. The highest BCUT2D eigenvalue weighted by atomic mass is 16.5. The molecule has 0 N–H and O–H groups in total. The summed E-state index contributed by atoms with van der Waals surface area (Å²) in [6, 6.07) is 7.02. The van der Waals surface area contributed by atoms with Crippen LogP contribution in [0.1, 0.15) is 49.4 Å². The molecule has 1 aliphatic rings. The lowest BCUT2D eigenvalue weighted by atomic mass is 9.80. The Kier molecular flexibility index (Phi) is 4.94. The number of ether oxygens (including phenoxy) is 1. The van der Waals surface area contributed by atoms with Gasteiger partial charge in [-0.3, -0.25) is 9.59 Å². The summed E-state index contributed by atoms with van der Waals surface area (Å²) in [6.45, 7) is 1.73. The fraction of sp³-hybridized carbons (Fsp3) is 0.529. The molecule has 1 saturated carbocycles. The Hall–Kier alpha value is -1.64. The first kappa shape index (κ1) is 14.8. The summed E-state index contributed by atoms with van der Waals surface area (Å²) in [5.74, 6) is 0.184. The van der Waals surface area contributed by atoms with Crippen LogP contribution in [0.5, 0.6) is 5.75 Å². The zero-order valence-electron chi connectivity index (χ0n) is 12.2. The molecule has 3 heteroatoms. The molecule has 0 spiro atoms. The minimum Gasteiger partial charge on any atom is -0.497 e. The summed E-state index contributed by atoms with van der Waals surface area (Å²) in [5, 5.41) is 0. The summed E-state index contributed by atoms with van der Waals surface area (Å²) >= 11 is 0. The van der Waals surface area contributed by atoms with Crippen LogP contribution >= 0.6 is 0 Å². The van der Waals surface area contributed by atoms with Crippen LogP contribution in [0.2, 0.25) is 0 Å². The molecule has 0 aromatic heterocycles. The molecule has 0 heterocycles. The number of methoxy groups -OCH3 is 1. The van der Waals surface area contributed by atoms with Crippen LogP contribution in [0.15, 0.2) is 24.3 Å². The van der Waals surface area contributed by atoms with E-state index in [2.05, 4.69) is 0 Å². The van der Waals surface area contributed by atoms with Crippen LogP contribution in [0.3, 0.4) is 0 Å². The molecule has 0 bridgehead atoms. The van der Waals surface area contributed by atoms with Gasteiger partial charge in [-0.05, 0) is 31.9 Å². The highest BCUT2D eigenvalue weighted by Crippen LogP contribution is 2.28. The average Bonchev–Trinajstić information content (AvgIpc) is 2.53. The summed E-state index contributed by atoms with van der Waals surface area (Å²) < 4.78 is 5.12. The Morgan fingerprint density at radius 2 is 1.90 bits per heavy atom. The number of carbonyl (C=O) groups is 2. The molecule has 0 saturated heterocycles. The molecular weight excluding hydrogens is 252 g/mol. The van der Waals surface area contributed by atoms with Crippen LogP contribution < -0.4 is 4.74 Å². The molecule has 1 aromatic carbocycles. The van der Waals surface area contributed by atoms with Crippen molar-refractivity contribution in [1.82, 2.24) is 0 Å². The van der Waals surface area contributed by atoms with Crippen molar-refractivity contribution < 1.29 is 14.3 Å². The molecule has 0 radical (unpaired) electrons. The van der Waals surface area contributed by atoms with Crippen LogP contribution in [0.4, 0.5) is 0 Å². The first-order chi connectivity index (χ1) is 9.63. The van der Waals surface area contributed by atoms with Gasteiger partial charge in [0.05, 0.1) is 13.0 Å². The fourth-order valence-electron chi connectivity index (χ4n) is 2.90. The van der Waals surface area contributed by atoms with E-state index in [1.165, 1.54) is 6.42 Å². The Morgan fingerprint density at radius 3 is 2.55 bits per heavy atom. The number of benzene rings is 1. The van der Waals surface area contributed by atoms with Gasteiger partial charge in [0.1, 0.15) is 11.5 Å². The van der Waals surface area contributed by atoms with Gasteiger partial charge in [-0.1, -0.05) is 31.4 Å². The summed E-state index contributed by atoms with van der Waals surface area (Å²) in [7, 11) is 1.57. The van der Waals surface area contributed by atoms with E-state index in [1.54, 1.807) is 38.3 Å². The number of ketones is 2. The summed E-state index contributed by atoms with van der Waals surface area (Å²) in [4.78, 5) is 24.8. The van der Waals surface area contributed by atoms with E-state index in [0.717, 1.165) is 25.7 Å². The molecule has 1 unspecified atom stereocenters. The molecule has 3 nitrogen and oxygen atoms in total. The van der Waals surface area contributed by atoms with Crippen molar-refractivity contribution in [3.63, 3.8) is 0 Å². The van der Waals surface area contributed by atoms with Gasteiger partial charge in [-0.2, -0.15) is 0 Å². The zero-order chi connectivity index (χ0) is 14.5. The molecule has 0 amide bonds. The van der Waals surface area contributed by atoms with Crippen molar-refractivity contribution >= 4 is 11.6 Å². The minimum atomic E-state index is -0.551. The first-order valence-electron chi connectivity index (χ1n) is 7.35. The molecule has 108 valence electrons. The third-order valence-electron chi connectivity index (χ3n) is 4.18. The molecule has 1 fully saturated rings. The van der Waals surface area contributed by atoms with Gasteiger partial charge in [0.25, 0.3) is 0 Å². The lowest BCUT2D eigenvalue weighted by Crippen LogP contribution is -2.29. The van der Waals surface area contributed by atoms with Gasteiger partial charge < -0.3 is 4.74 Å². The highest BCUT2D eigenvalue weighted by Gasteiger charge is 2.30. The van der Waals surface area contributed by atoms with Crippen LogP contribution in [0, 0.1) is 11.8 Å². The summed E-state index contributed by atoms with van der Waals surface area (Å²) in [6.07, 6.45) is 5.30. The largest absolute Gasteiger partial charge is 0.497 e. The van der Waals surface area contributed by atoms with Crippen molar-refractivity contribution in [2.24, 2.45) is 11.8 Å². The Bertz CT molecular complexity index is 487. The van der Waals surface area contributed by atoms with Crippen molar-refractivity contribution in [2.45, 2.75) is 39.0 Å².